The molecular weight excluding hydrogens is 354 g/mol. The summed E-state index contributed by atoms with van der Waals surface area (Å²) in [5.41, 5.74) is 3.49. The number of benzene rings is 2. The molecule has 28 heavy (non-hydrogen) atoms. The second-order valence-corrected chi connectivity index (χ2v) is 7.23. The topological polar surface area (TPSA) is 63.6 Å². The third-order valence-corrected chi connectivity index (χ3v) is 5.26. The highest BCUT2D eigenvalue weighted by Crippen LogP contribution is 2.25. The minimum Gasteiger partial charge on any atom is -0.497 e. The molecule has 6 nitrogen and oxygen atoms in total. The highest BCUT2D eigenvalue weighted by atomic mass is 16.5. The standard InChI is InChI=1S/C22H23N3O3/c1-14-5-4-6-17(9-14)25-13-16(12-21(25)26)23-22(27)20-11-15-10-18(28-3)7-8-19(15)24(20)2/h4-11,16H,12-13H2,1-3H3,(H,23,27). The van der Waals surface area contributed by atoms with Crippen molar-refractivity contribution in [3.05, 3.63) is 59.8 Å². The van der Waals surface area contributed by atoms with E-state index in [0.29, 0.717) is 18.7 Å². The van der Waals surface area contributed by atoms with E-state index < -0.39 is 0 Å². The van der Waals surface area contributed by atoms with Crippen LogP contribution in [-0.2, 0) is 11.8 Å². The van der Waals surface area contributed by atoms with E-state index in [-0.39, 0.29) is 17.9 Å². The van der Waals surface area contributed by atoms with Gasteiger partial charge in [0.05, 0.1) is 13.2 Å². The van der Waals surface area contributed by atoms with Crippen LogP contribution < -0.4 is 15.0 Å². The van der Waals surface area contributed by atoms with Crippen LogP contribution in [0.2, 0.25) is 0 Å². The first kappa shape index (κ1) is 18.1. The number of amides is 2. The summed E-state index contributed by atoms with van der Waals surface area (Å²) in [6, 6.07) is 15.2. The highest BCUT2D eigenvalue weighted by molar-refractivity contribution is 6.01. The Bertz CT molecular complexity index is 1070. The van der Waals surface area contributed by atoms with E-state index in [1.807, 2.05) is 67.1 Å². The van der Waals surface area contributed by atoms with Gasteiger partial charge in [-0.1, -0.05) is 12.1 Å². The minimum atomic E-state index is -0.215. The van der Waals surface area contributed by atoms with Gasteiger partial charge in [0.2, 0.25) is 5.91 Å². The highest BCUT2D eigenvalue weighted by Gasteiger charge is 2.32. The Morgan fingerprint density at radius 1 is 1.18 bits per heavy atom. The number of hydrogen-bond acceptors (Lipinski definition) is 3. The molecular formula is C22H23N3O3. The van der Waals surface area contributed by atoms with Gasteiger partial charge in [-0.3, -0.25) is 9.59 Å². The number of carbonyl (C=O) groups is 2. The summed E-state index contributed by atoms with van der Waals surface area (Å²) in [4.78, 5) is 27.0. The zero-order valence-corrected chi connectivity index (χ0v) is 16.2. The normalized spacial score (nSPS) is 16.6. The maximum atomic E-state index is 12.9. The van der Waals surface area contributed by atoms with Gasteiger partial charge in [-0.15, -0.1) is 0 Å². The minimum absolute atomic E-state index is 0.0256. The van der Waals surface area contributed by atoms with Gasteiger partial charge in [0.25, 0.3) is 5.91 Å². The Morgan fingerprint density at radius 2 is 2.00 bits per heavy atom. The molecule has 1 unspecified atom stereocenters. The number of rotatable bonds is 4. The summed E-state index contributed by atoms with van der Waals surface area (Å²) in [6.45, 7) is 2.48. The number of anilines is 1. The van der Waals surface area contributed by atoms with E-state index in [0.717, 1.165) is 27.9 Å². The van der Waals surface area contributed by atoms with Crippen LogP contribution in [0.4, 0.5) is 5.69 Å². The molecule has 0 radical (unpaired) electrons. The van der Waals surface area contributed by atoms with E-state index in [2.05, 4.69) is 5.32 Å². The van der Waals surface area contributed by atoms with Crippen LogP contribution in [-0.4, -0.2) is 36.1 Å². The van der Waals surface area contributed by atoms with E-state index in [1.165, 1.54) is 0 Å². The predicted molar refractivity (Wildman–Crippen MR) is 109 cm³/mol. The lowest BCUT2D eigenvalue weighted by atomic mass is 10.2. The average Bonchev–Trinajstić information content (AvgIpc) is 3.21. The molecule has 0 spiro atoms. The lowest BCUT2D eigenvalue weighted by Gasteiger charge is -2.18. The van der Waals surface area contributed by atoms with Crippen molar-refractivity contribution in [1.29, 1.82) is 0 Å². The number of aryl methyl sites for hydroxylation is 2. The Morgan fingerprint density at radius 3 is 2.75 bits per heavy atom. The van der Waals surface area contributed by atoms with Crippen molar-refractivity contribution >= 4 is 28.4 Å². The molecule has 2 heterocycles. The summed E-state index contributed by atoms with van der Waals surface area (Å²) >= 11 is 0. The monoisotopic (exact) mass is 377 g/mol. The van der Waals surface area contributed by atoms with Gasteiger partial charge >= 0.3 is 0 Å². The molecule has 2 amide bonds. The molecule has 1 fully saturated rings. The van der Waals surface area contributed by atoms with Gasteiger partial charge in [-0.2, -0.15) is 0 Å². The first-order chi connectivity index (χ1) is 13.5. The zero-order valence-electron chi connectivity index (χ0n) is 16.2. The predicted octanol–water partition coefficient (Wildman–Crippen LogP) is 3.03. The number of ether oxygens (including phenoxy) is 1. The van der Waals surface area contributed by atoms with E-state index >= 15 is 0 Å². The third kappa shape index (κ3) is 3.22. The van der Waals surface area contributed by atoms with Crippen LogP contribution in [0.15, 0.2) is 48.5 Å². The first-order valence-corrected chi connectivity index (χ1v) is 9.27. The molecule has 0 bridgehead atoms. The number of aromatic nitrogens is 1. The molecule has 1 aliphatic rings. The maximum absolute atomic E-state index is 12.9. The van der Waals surface area contributed by atoms with Gasteiger partial charge in [-0.25, -0.2) is 0 Å². The van der Waals surface area contributed by atoms with Gasteiger partial charge in [0, 0.05) is 36.6 Å². The summed E-state index contributed by atoms with van der Waals surface area (Å²) in [5.74, 6) is 0.597. The molecule has 0 aliphatic carbocycles. The van der Waals surface area contributed by atoms with Crippen LogP contribution in [0, 0.1) is 6.92 Å². The molecule has 3 aromatic rings. The Kier molecular flexibility index (Phi) is 4.55. The van der Waals surface area contributed by atoms with Crippen LogP contribution in [0.3, 0.4) is 0 Å². The Balaban J connectivity index is 1.52. The maximum Gasteiger partial charge on any atom is 0.268 e. The first-order valence-electron chi connectivity index (χ1n) is 9.27. The van der Waals surface area contributed by atoms with Gasteiger partial charge < -0.3 is 19.5 Å². The second-order valence-electron chi connectivity index (χ2n) is 7.23. The van der Waals surface area contributed by atoms with Crippen molar-refractivity contribution in [2.24, 2.45) is 7.05 Å². The van der Waals surface area contributed by atoms with Crippen LogP contribution in [0.25, 0.3) is 10.9 Å². The smallest absolute Gasteiger partial charge is 0.268 e. The van der Waals surface area contributed by atoms with E-state index in [1.54, 1.807) is 12.0 Å². The van der Waals surface area contributed by atoms with Gasteiger partial charge in [-0.05, 0) is 48.9 Å². The summed E-state index contributed by atoms with van der Waals surface area (Å²) in [6.07, 6.45) is 0.303. The van der Waals surface area contributed by atoms with Gasteiger partial charge in [0.15, 0.2) is 0 Å². The molecule has 1 atom stereocenters. The third-order valence-electron chi connectivity index (χ3n) is 5.26. The fourth-order valence-corrected chi connectivity index (χ4v) is 3.78. The summed E-state index contributed by atoms with van der Waals surface area (Å²) < 4.78 is 7.12. The van der Waals surface area contributed by atoms with Crippen molar-refractivity contribution < 1.29 is 14.3 Å². The molecule has 4 rings (SSSR count). The van der Waals surface area contributed by atoms with Crippen LogP contribution in [0.1, 0.15) is 22.5 Å². The van der Waals surface area contributed by atoms with Crippen molar-refractivity contribution in [1.82, 2.24) is 9.88 Å². The molecule has 1 N–H and O–H groups in total. The molecule has 144 valence electrons. The Labute approximate surface area is 163 Å². The van der Waals surface area contributed by atoms with Crippen molar-refractivity contribution in [2.45, 2.75) is 19.4 Å². The fraction of sp³-hybridized carbons (Fsp3) is 0.273. The van der Waals surface area contributed by atoms with Crippen molar-refractivity contribution in [2.75, 3.05) is 18.6 Å². The number of carbonyl (C=O) groups excluding carboxylic acids is 2. The van der Waals surface area contributed by atoms with Crippen molar-refractivity contribution in [3.63, 3.8) is 0 Å². The van der Waals surface area contributed by atoms with Crippen molar-refractivity contribution in [3.8, 4) is 5.75 Å². The average molecular weight is 377 g/mol. The number of fused-ring (bicyclic) bond motifs is 1. The molecule has 1 aromatic heterocycles. The number of methoxy groups -OCH3 is 1. The zero-order chi connectivity index (χ0) is 19.8. The number of nitrogens with one attached hydrogen (secondary N) is 1. The lowest BCUT2D eigenvalue weighted by molar-refractivity contribution is -0.117. The molecule has 1 aliphatic heterocycles. The molecule has 2 aromatic carbocycles. The number of hydrogen-bond donors (Lipinski definition) is 1. The number of nitrogens with zero attached hydrogens (tertiary/aromatic N) is 2. The Hall–Kier alpha value is -3.28. The summed E-state index contributed by atoms with van der Waals surface area (Å²) in [5, 5.41) is 3.96. The van der Waals surface area contributed by atoms with E-state index in [9.17, 15) is 9.59 Å². The molecule has 1 saturated heterocycles. The SMILES string of the molecule is COc1ccc2c(c1)cc(C(=O)NC1CC(=O)N(c3cccc(C)c3)C1)n2C. The van der Waals surface area contributed by atoms with Crippen LogP contribution >= 0.6 is 0 Å². The van der Waals surface area contributed by atoms with Crippen LogP contribution in [0.5, 0.6) is 5.75 Å². The molecule has 6 heteroatoms. The second kappa shape index (κ2) is 7.03. The quantitative estimate of drug-likeness (QED) is 0.760. The lowest BCUT2D eigenvalue weighted by Crippen LogP contribution is -2.37. The molecule has 0 saturated carbocycles. The van der Waals surface area contributed by atoms with E-state index in [4.69, 9.17) is 4.74 Å². The summed E-state index contributed by atoms with van der Waals surface area (Å²) in [7, 11) is 3.48. The van der Waals surface area contributed by atoms with Gasteiger partial charge in [0.1, 0.15) is 11.4 Å². The largest absolute Gasteiger partial charge is 0.497 e. The fourth-order valence-electron chi connectivity index (χ4n) is 3.78.